The Balaban J connectivity index is 1.76. The fraction of sp³-hybridized carbons (Fsp3) is 0.478. The number of benzene rings is 1. The largest absolute Gasteiger partial charge is 0.383 e. The first-order valence-electron chi connectivity index (χ1n) is 11.0. The standard InChI is InChI=1S/C23H27ClN4O4S2/c1-14-15(6-5-7-16(14)24)13-28-19-18(33-21(25-19)27-8-10-31-11-9-27)20(30)26-22(28)34-32-17(29)12-23(2,3)4/h5-7H,8-13H2,1-4H3. The number of morpholine rings is 1. The molecule has 11 heteroatoms. The molecule has 4 rings (SSSR count). The van der Waals surface area contributed by atoms with E-state index in [1.54, 1.807) is 0 Å². The van der Waals surface area contributed by atoms with E-state index in [0.717, 1.165) is 28.3 Å². The third-order valence-electron chi connectivity index (χ3n) is 5.35. The van der Waals surface area contributed by atoms with Gasteiger partial charge in [-0.2, -0.15) is 4.98 Å². The van der Waals surface area contributed by atoms with E-state index >= 15 is 0 Å². The van der Waals surface area contributed by atoms with E-state index in [1.165, 1.54) is 11.3 Å². The number of hydrogen-bond acceptors (Lipinski definition) is 9. The molecular formula is C23H27ClN4O4S2. The number of ether oxygens (including phenoxy) is 1. The first kappa shape index (κ1) is 25.0. The Hall–Kier alpha value is -2.14. The van der Waals surface area contributed by atoms with Gasteiger partial charge in [-0.25, -0.2) is 4.98 Å². The van der Waals surface area contributed by atoms with E-state index in [-0.39, 0.29) is 28.5 Å². The molecule has 0 N–H and O–H groups in total. The zero-order valence-corrected chi connectivity index (χ0v) is 22.0. The normalized spacial score (nSPS) is 14.6. The molecule has 0 bridgehead atoms. The number of rotatable bonds is 6. The molecule has 3 aromatic rings. The first-order valence-corrected chi connectivity index (χ1v) is 12.9. The van der Waals surface area contributed by atoms with Crippen LogP contribution in [-0.2, 0) is 20.3 Å². The summed E-state index contributed by atoms with van der Waals surface area (Å²) in [7, 11) is 0. The fourth-order valence-corrected chi connectivity index (χ4v) is 5.34. The van der Waals surface area contributed by atoms with E-state index in [9.17, 15) is 9.59 Å². The fourth-order valence-electron chi connectivity index (χ4n) is 3.55. The Labute approximate surface area is 211 Å². The van der Waals surface area contributed by atoms with Crippen molar-refractivity contribution in [2.45, 2.75) is 45.8 Å². The molecule has 1 aromatic carbocycles. The molecule has 0 radical (unpaired) electrons. The van der Waals surface area contributed by atoms with Gasteiger partial charge in [0, 0.05) is 18.1 Å². The molecule has 0 atom stereocenters. The zero-order valence-electron chi connectivity index (χ0n) is 19.6. The molecule has 1 saturated heterocycles. The lowest BCUT2D eigenvalue weighted by Crippen LogP contribution is -2.36. The lowest BCUT2D eigenvalue weighted by molar-refractivity contribution is -0.135. The third-order valence-corrected chi connectivity index (χ3v) is 7.58. The van der Waals surface area contributed by atoms with Gasteiger partial charge in [-0.05, 0) is 29.5 Å². The predicted molar refractivity (Wildman–Crippen MR) is 136 cm³/mol. The first-order chi connectivity index (χ1) is 16.1. The van der Waals surface area contributed by atoms with Crippen LogP contribution in [0.2, 0.25) is 5.02 Å². The maximum atomic E-state index is 12.9. The number of fused-ring (bicyclic) bond motifs is 1. The molecule has 1 aliphatic rings. The molecule has 34 heavy (non-hydrogen) atoms. The summed E-state index contributed by atoms with van der Waals surface area (Å²) in [4.78, 5) is 36.5. The topological polar surface area (TPSA) is 86.6 Å². The average molecular weight is 523 g/mol. The molecule has 182 valence electrons. The second kappa shape index (κ2) is 10.2. The summed E-state index contributed by atoms with van der Waals surface area (Å²) in [5.41, 5.74) is 1.80. The Morgan fingerprint density at radius 2 is 2.00 bits per heavy atom. The van der Waals surface area contributed by atoms with Crippen LogP contribution in [0.15, 0.2) is 28.2 Å². The van der Waals surface area contributed by atoms with Gasteiger partial charge >= 0.3 is 5.97 Å². The maximum absolute atomic E-state index is 12.9. The number of carbonyl (C=O) groups is 1. The van der Waals surface area contributed by atoms with Crippen molar-refractivity contribution in [2.75, 3.05) is 31.2 Å². The Kier molecular flexibility index (Phi) is 7.51. The average Bonchev–Trinajstić information content (AvgIpc) is 3.23. The summed E-state index contributed by atoms with van der Waals surface area (Å²) >= 11 is 8.47. The Morgan fingerprint density at radius 1 is 1.26 bits per heavy atom. The number of nitrogens with zero attached hydrogens (tertiary/aromatic N) is 4. The molecule has 0 unspecified atom stereocenters. The van der Waals surface area contributed by atoms with Gasteiger partial charge in [-0.3, -0.25) is 14.2 Å². The number of thiazole rings is 1. The van der Waals surface area contributed by atoms with Gasteiger partial charge < -0.3 is 13.8 Å². The summed E-state index contributed by atoms with van der Waals surface area (Å²) in [6.45, 7) is 10.9. The van der Waals surface area contributed by atoms with Crippen molar-refractivity contribution in [3.05, 3.63) is 44.7 Å². The smallest absolute Gasteiger partial charge is 0.318 e. The maximum Gasteiger partial charge on any atom is 0.318 e. The lowest BCUT2D eigenvalue weighted by Gasteiger charge is -2.25. The van der Waals surface area contributed by atoms with Crippen molar-refractivity contribution in [1.29, 1.82) is 0 Å². The molecule has 3 heterocycles. The van der Waals surface area contributed by atoms with Crippen LogP contribution < -0.4 is 10.5 Å². The van der Waals surface area contributed by atoms with E-state index in [4.69, 9.17) is 25.5 Å². The summed E-state index contributed by atoms with van der Waals surface area (Å²) in [6.07, 6.45) is 0.248. The van der Waals surface area contributed by atoms with Crippen LogP contribution in [0, 0.1) is 12.3 Å². The van der Waals surface area contributed by atoms with E-state index in [0.29, 0.717) is 48.2 Å². The van der Waals surface area contributed by atoms with Crippen LogP contribution >= 0.6 is 35.0 Å². The minimum Gasteiger partial charge on any atom is -0.383 e. The van der Waals surface area contributed by atoms with Crippen LogP contribution in [0.1, 0.15) is 38.3 Å². The van der Waals surface area contributed by atoms with Crippen molar-refractivity contribution < 1.29 is 13.7 Å². The minimum atomic E-state index is -0.388. The monoisotopic (exact) mass is 522 g/mol. The van der Waals surface area contributed by atoms with Gasteiger partial charge in [-0.15, -0.1) is 0 Å². The highest BCUT2D eigenvalue weighted by Crippen LogP contribution is 2.31. The Bertz CT molecular complexity index is 1260. The van der Waals surface area contributed by atoms with Crippen LogP contribution in [0.5, 0.6) is 0 Å². The number of carbonyl (C=O) groups excluding carboxylic acids is 1. The summed E-state index contributed by atoms with van der Waals surface area (Å²) in [5, 5.41) is 1.68. The van der Waals surface area contributed by atoms with Crippen molar-refractivity contribution in [3.8, 4) is 0 Å². The number of aromatic nitrogens is 3. The van der Waals surface area contributed by atoms with Gasteiger partial charge in [-0.1, -0.05) is 55.8 Å². The number of hydrogen-bond donors (Lipinski definition) is 0. The quantitative estimate of drug-likeness (QED) is 0.340. The molecule has 0 aliphatic carbocycles. The van der Waals surface area contributed by atoms with Gasteiger partial charge in [0.15, 0.2) is 10.8 Å². The van der Waals surface area contributed by atoms with E-state index in [1.807, 2.05) is 50.5 Å². The summed E-state index contributed by atoms with van der Waals surface area (Å²) < 4.78 is 13.2. The SMILES string of the molecule is Cc1c(Cl)cccc1Cn1c(SOC(=O)CC(C)(C)C)nc(=O)c2sc(N3CCOCC3)nc21. The molecule has 8 nitrogen and oxygen atoms in total. The van der Waals surface area contributed by atoms with Gasteiger partial charge in [0.2, 0.25) is 5.16 Å². The number of anilines is 1. The van der Waals surface area contributed by atoms with Gasteiger partial charge in [0.05, 0.1) is 26.2 Å². The third kappa shape index (κ3) is 5.73. The molecule has 0 amide bonds. The number of halogens is 1. The molecular weight excluding hydrogens is 496 g/mol. The highest BCUT2D eigenvalue weighted by Gasteiger charge is 2.23. The summed E-state index contributed by atoms with van der Waals surface area (Å²) in [6, 6.07) is 5.69. The second-order valence-electron chi connectivity index (χ2n) is 9.33. The van der Waals surface area contributed by atoms with Gasteiger partial charge in [0.25, 0.3) is 5.56 Å². The lowest BCUT2D eigenvalue weighted by atomic mass is 9.93. The molecule has 0 saturated carbocycles. The van der Waals surface area contributed by atoms with Crippen LogP contribution in [0.3, 0.4) is 0 Å². The van der Waals surface area contributed by atoms with Crippen LogP contribution in [0.4, 0.5) is 5.13 Å². The second-order valence-corrected chi connectivity index (χ2v) is 11.4. The minimum absolute atomic E-state index is 0.214. The molecule has 0 spiro atoms. The van der Waals surface area contributed by atoms with Crippen molar-refractivity contribution in [2.24, 2.45) is 5.41 Å². The van der Waals surface area contributed by atoms with Crippen molar-refractivity contribution >= 4 is 56.4 Å². The van der Waals surface area contributed by atoms with Crippen LogP contribution in [-0.4, -0.2) is 46.8 Å². The van der Waals surface area contributed by atoms with Crippen LogP contribution in [0.25, 0.3) is 10.3 Å². The van der Waals surface area contributed by atoms with Gasteiger partial charge in [0.1, 0.15) is 16.7 Å². The zero-order chi connectivity index (χ0) is 24.5. The van der Waals surface area contributed by atoms with Crippen molar-refractivity contribution in [1.82, 2.24) is 14.5 Å². The molecule has 1 aliphatic heterocycles. The summed E-state index contributed by atoms with van der Waals surface area (Å²) in [5.74, 6) is -0.371. The van der Waals surface area contributed by atoms with E-state index in [2.05, 4.69) is 9.88 Å². The highest BCUT2D eigenvalue weighted by molar-refractivity contribution is 7.94. The van der Waals surface area contributed by atoms with E-state index < -0.39 is 0 Å². The molecule has 2 aromatic heterocycles. The Morgan fingerprint density at radius 3 is 2.71 bits per heavy atom. The molecule has 1 fully saturated rings. The predicted octanol–water partition coefficient (Wildman–Crippen LogP) is 4.69. The highest BCUT2D eigenvalue weighted by atomic mass is 35.5. The van der Waals surface area contributed by atoms with Crippen molar-refractivity contribution in [3.63, 3.8) is 0 Å².